The highest BCUT2D eigenvalue weighted by molar-refractivity contribution is 7.90. The molecular formula is C16H12N2O2S. The Morgan fingerprint density at radius 3 is 2.48 bits per heavy atom. The van der Waals surface area contributed by atoms with Crippen molar-refractivity contribution in [2.45, 2.75) is 11.8 Å². The second kappa shape index (κ2) is 4.76. The molecule has 104 valence electrons. The van der Waals surface area contributed by atoms with E-state index in [1.54, 1.807) is 55.5 Å². The van der Waals surface area contributed by atoms with Crippen LogP contribution in [0.3, 0.4) is 0 Å². The molecule has 0 radical (unpaired) electrons. The Morgan fingerprint density at radius 1 is 1.10 bits per heavy atom. The van der Waals surface area contributed by atoms with E-state index in [2.05, 4.69) is 6.07 Å². The molecule has 1 aromatic heterocycles. The summed E-state index contributed by atoms with van der Waals surface area (Å²) in [4.78, 5) is 0.240. The van der Waals surface area contributed by atoms with Crippen molar-refractivity contribution in [2.75, 3.05) is 0 Å². The number of fused-ring (bicyclic) bond motifs is 1. The van der Waals surface area contributed by atoms with Crippen LogP contribution in [0.1, 0.15) is 11.1 Å². The highest BCUT2D eigenvalue weighted by Crippen LogP contribution is 2.24. The van der Waals surface area contributed by atoms with E-state index in [4.69, 9.17) is 5.26 Å². The van der Waals surface area contributed by atoms with Crippen molar-refractivity contribution in [3.63, 3.8) is 0 Å². The smallest absolute Gasteiger partial charge is 0.241 e. The Labute approximate surface area is 122 Å². The van der Waals surface area contributed by atoms with E-state index < -0.39 is 10.0 Å². The van der Waals surface area contributed by atoms with Crippen molar-refractivity contribution >= 4 is 20.9 Å². The number of hydrogen-bond donors (Lipinski definition) is 0. The van der Waals surface area contributed by atoms with Gasteiger partial charge in [-0.2, -0.15) is 5.26 Å². The van der Waals surface area contributed by atoms with Gasteiger partial charge in [0, 0.05) is 11.6 Å². The van der Waals surface area contributed by atoms with Crippen molar-refractivity contribution in [3.8, 4) is 6.07 Å². The lowest BCUT2D eigenvalue weighted by molar-refractivity contribution is 0.589. The van der Waals surface area contributed by atoms with Gasteiger partial charge in [-0.3, -0.25) is 0 Å². The maximum Gasteiger partial charge on any atom is 0.268 e. The molecule has 5 heteroatoms. The molecular weight excluding hydrogens is 284 g/mol. The molecule has 0 spiro atoms. The van der Waals surface area contributed by atoms with E-state index in [9.17, 15) is 8.42 Å². The summed E-state index contributed by atoms with van der Waals surface area (Å²) in [6.45, 7) is 1.80. The Morgan fingerprint density at radius 2 is 1.81 bits per heavy atom. The minimum absolute atomic E-state index is 0.240. The van der Waals surface area contributed by atoms with Crippen LogP contribution < -0.4 is 0 Å². The van der Waals surface area contributed by atoms with E-state index in [-0.39, 0.29) is 4.90 Å². The average Bonchev–Trinajstić information content (AvgIpc) is 2.90. The van der Waals surface area contributed by atoms with Crippen LogP contribution in [0.5, 0.6) is 0 Å². The Hall–Kier alpha value is -2.58. The molecule has 0 aliphatic rings. The Bertz CT molecular complexity index is 965. The summed E-state index contributed by atoms with van der Waals surface area (Å²) in [6.07, 6.45) is 1.52. The topological polar surface area (TPSA) is 62.9 Å². The van der Waals surface area contributed by atoms with Gasteiger partial charge in [-0.1, -0.05) is 18.2 Å². The van der Waals surface area contributed by atoms with Crippen molar-refractivity contribution in [1.82, 2.24) is 3.97 Å². The summed E-state index contributed by atoms with van der Waals surface area (Å²) < 4.78 is 26.6. The molecule has 0 bridgehead atoms. The maximum absolute atomic E-state index is 12.7. The summed E-state index contributed by atoms with van der Waals surface area (Å²) in [5, 5.41) is 9.78. The van der Waals surface area contributed by atoms with Crippen LogP contribution >= 0.6 is 0 Å². The number of aryl methyl sites for hydroxylation is 1. The van der Waals surface area contributed by atoms with E-state index in [1.807, 2.05) is 0 Å². The normalized spacial score (nSPS) is 11.4. The van der Waals surface area contributed by atoms with Crippen LogP contribution in [0.4, 0.5) is 0 Å². The van der Waals surface area contributed by atoms with Gasteiger partial charge in [0.05, 0.1) is 22.0 Å². The summed E-state index contributed by atoms with van der Waals surface area (Å²) in [6, 6.07) is 15.5. The molecule has 2 aromatic carbocycles. The summed E-state index contributed by atoms with van der Waals surface area (Å²) in [7, 11) is -3.62. The van der Waals surface area contributed by atoms with Gasteiger partial charge in [0.2, 0.25) is 0 Å². The number of benzene rings is 2. The fraction of sp³-hybridized carbons (Fsp3) is 0.0625. The quantitative estimate of drug-likeness (QED) is 0.730. The van der Waals surface area contributed by atoms with E-state index in [0.29, 0.717) is 11.1 Å². The van der Waals surface area contributed by atoms with Crippen LogP contribution in [0.2, 0.25) is 0 Å². The lowest BCUT2D eigenvalue weighted by atomic mass is 10.1. The molecule has 0 saturated carbocycles. The van der Waals surface area contributed by atoms with Gasteiger partial charge in [-0.15, -0.1) is 0 Å². The Kier molecular flexibility index (Phi) is 3.04. The molecule has 0 unspecified atom stereocenters. The minimum Gasteiger partial charge on any atom is -0.241 e. The molecule has 0 saturated heterocycles. The lowest BCUT2D eigenvalue weighted by Crippen LogP contribution is -2.11. The van der Waals surface area contributed by atoms with Crippen molar-refractivity contribution in [2.24, 2.45) is 0 Å². The van der Waals surface area contributed by atoms with Crippen LogP contribution in [0, 0.1) is 18.3 Å². The number of aromatic nitrogens is 1. The molecule has 0 aliphatic heterocycles. The van der Waals surface area contributed by atoms with E-state index >= 15 is 0 Å². The number of nitriles is 1. The van der Waals surface area contributed by atoms with Crippen LogP contribution in [0.15, 0.2) is 59.6 Å². The molecule has 1 heterocycles. The molecule has 4 nitrogen and oxygen atoms in total. The zero-order chi connectivity index (χ0) is 15.0. The molecule has 3 aromatic rings. The van der Waals surface area contributed by atoms with Crippen LogP contribution in [-0.2, 0) is 10.0 Å². The number of hydrogen-bond acceptors (Lipinski definition) is 3. The molecule has 3 rings (SSSR count). The van der Waals surface area contributed by atoms with Crippen molar-refractivity contribution in [3.05, 3.63) is 65.9 Å². The zero-order valence-corrected chi connectivity index (χ0v) is 12.1. The largest absolute Gasteiger partial charge is 0.268 e. The summed E-state index contributed by atoms with van der Waals surface area (Å²) in [5.41, 5.74) is 1.89. The van der Waals surface area contributed by atoms with Gasteiger partial charge in [-0.25, -0.2) is 12.4 Å². The predicted molar refractivity (Wildman–Crippen MR) is 80.4 cm³/mol. The molecule has 0 fully saturated rings. The number of nitrogens with zero attached hydrogens (tertiary/aromatic N) is 2. The average molecular weight is 296 g/mol. The van der Waals surface area contributed by atoms with Gasteiger partial charge in [0.25, 0.3) is 10.0 Å². The fourth-order valence-electron chi connectivity index (χ4n) is 2.30. The minimum atomic E-state index is -3.62. The van der Waals surface area contributed by atoms with Crippen LogP contribution in [-0.4, -0.2) is 12.4 Å². The summed E-state index contributed by atoms with van der Waals surface area (Å²) in [5.74, 6) is 0. The van der Waals surface area contributed by atoms with Crippen LogP contribution in [0.25, 0.3) is 10.9 Å². The van der Waals surface area contributed by atoms with Gasteiger partial charge >= 0.3 is 0 Å². The first-order chi connectivity index (χ1) is 10.0. The van der Waals surface area contributed by atoms with E-state index in [0.717, 1.165) is 10.9 Å². The van der Waals surface area contributed by atoms with Gasteiger partial charge in [0.1, 0.15) is 0 Å². The van der Waals surface area contributed by atoms with E-state index in [1.165, 1.54) is 10.2 Å². The molecule has 0 aliphatic carbocycles. The third-order valence-corrected chi connectivity index (χ3v) is 5.13. The molecule has 21 heavy (non-hydrogen) atoms. The highest BCUT2D eigenvalue weighted by Gasteiger charge is 2.18. The van der Waals surface area contributed by atoms with Gasteiger partial charge in [0.15, 0.2) is 0 Å². The Balaban J connectivity index is 2.28. The molecule has 0 amide bonds. The first kappa shape index (κ1) is 13.4. The second-order valence-electron chi connectivity index (χ2n) is 4.77. The standard InChI is InChI=1S/C16H12N2O2S/c1-12-9-16-13(10-14(12)11-17)7-8-18(16)21(19,20)15-5-3-2-4-6-15/h2-10H,1H3. The lowest BCUT2D eigenvalue weighted by Gasteiger charge is -2.08. The summed E-state index contributed by atoms with van der Waals surface area (Å²) >= 11 is 0. The predicted octanol–water partition coefficient (Wildman–Crippen LogP) is 3.06. The molecule has 0 atom stereocenters. The first-order valence-corrected chi connectivity index (χ1v) is 7.80. The van der Waals surface area contributed by atoms with Crippen molar-refractivity contribution in [1.29, 1.82) is 5.26 Å². The van der Waals surface area contributed by atoms with Gasteiger partial charge in [-0.05, 0) is 42.8 Å². The molecule has 0 N–H and O–H groups in total. The SMILES string of the molecule is Cc1cc2c(ccn2S(=O)(=O)c2ccccc2)cc1C#N. The van der Waals surface area contributed by atoms with Gasteiger partial charge < -0.3 is 0 Å². The van der Waals surface area contributed by atoms with Crippen molar-refractivity contribution < 1.29 is 8.42 Å². The second-order valence-corrected chi connectivity index (χ2v) is 6.58. The fourth-order valence-corrected chi connectivity index (χ4v) is 3.66. The maximum atomic E-state index is 12.7. The zero-order valence-electron chi connectivity index (χ0n) is 11.3. The highest BCUT2D eigenvalue weighted by atomic mass is 32.2. The number of rotatable bonds is 2. The third kappa shape index (κ3) is 2.10. The third-order valence-electron chi connectivity index (χ3n) is 3.42. The first-order valence-electron chi connectivity index (χ1n) is 6.36. The monoisotopic (exact) mass is 296 g/mol.